The smallest absolute Gasteiger partial charge is 0.116 e. The Labute approximate surface area is 589 Å². The molecule has 21 rings (SSSR count). The Kier molecular flexibility index (Phi) is 12.1. The summed E-state index contributed by atoms with van der Waals surface area (Å²) in [5.41, 5.74) is 25.0. The van der Waals surface area contributed by atoms with E-state index in [1.807, 2.05) is 48.5 Å². The predicted molar refractivity (Wildman–Crippen MR) is 412 cm³/mol. The van der Waals surface area contributed by atoms with Gasteiger partial charge in [0.2, 0.25) is 0 Å². The van der Waals surface area contributed by atoms with Gasteiger partial charge < -0.3 is 20.4 Å². The predicted octanol–water partition coefficient (Wildman–Crippen LogP) is 22.6. The standard InChI is InChI=1S/C98H62O4/c99-75-45-29-59-49-71(33-25-63(59)53-75)95(87-19-7-1-13-79(87)80-14-2-8-20-88(80)95)67-37-41-69(42-38-67)97(73-35-27-65-55-77(101)47-31-61(65)51-73)91-23-11-5-17-83(91)85-58-94-86(57-93(85)97)84-18-6-12-24-92(84)98(94,74-36-28-66-56-78(102)48-32-62(66)52-74)70-43-39-68(40-44-70)96(72-34-26-64-54-76(100)46-30-60(64)50-72)89-21-9-3-15-81(89)82-16-4-10-22-90(82)96/h1-58,99-102H. The van der Waals surface area contributed by atoms with E-state index in [2.05, 4.69) is 279 Å². The molecule has 17 aromatic rings. The first-order chi connectivity index (χ1) is 50.1. The van der Waals surface area contributed by atoms with E-state index in [0.717, 1.165) is 110 Å². The van der Waals surface area contributed by atoms with Crippen molar-refractivity contribution in [3.8, 4) is 67.5 Å². The number of aromatic hydroxyl groups is 4. The Bertz CT molecular complexity index is 5970. The van der Waals surface area contributed by atoms with E-state index in [-0.39, 0.29) is 23.0 Å². The van der Waals surface area contributed by atoms with Crippen LogP contribution >= 0.6 is 0 Å². The minimum absolute atomic E-state index is 0.226. The van der Waals surface area contributed by atoms with E-state index in [0.29, 0.717) is 0 Å². The first-order valence-corrected chi connectivity index (χ1v) is 35.1. The van der Waals surface area contributed by atoms with Crippen molar-refractivity contribution < 1.29 is 20.4 Å². The third-order valence-corrected chi connectivity index (χ3v) is 23.6. The highest BCUT2D eigenvalue weighted by Gasteiger charge is 2.54. The van der Waals surface area contributed by atoms with Gasteiger partial charge in [0, 0.05) is 0 Å². The highest BCUT2D eigenvalue weighted by Crippen LogP contribution is 2.65. The number of phenolic OH excluding ortho intramolecular Hbond substituents is 4. The van der Waals surface area contributed by atoms with Crippen LogP contribution in [0.3, 0.4) is 0 Å². The molecule has 4 aliphatic carbocycles. The first-order valence-electron chi connectivity index (χ1n) is 35.1. The Morgan fingerprint density at radius 1 is 0.137 bits per heavy atom. The maximum atomic E-state index is 10.9. The van der Waals surface area contributed by atoms with E-state index >= 15 is 0 Å². The van der Waals surface area contributed by atoms with Crippen molar-refractivity contribution in [3.63, 3.8) is 0 Å². The lowest BCUT2D eigenvalue weighted by atomic mass is 9.64. The Balaban J connectivity index is 0.820. The Morgan fingerprint density at radius 2 is 0.314 bits per heavy atom. The van der Waals surface area contributed by atoms with Crippen LogP contribution in [0.2, 0.25) is 0 Å². The lowest BCUT2D eigenvalue weighted by molar-refractivity contribution is 0.475. The Morgan fingerprint density at radius 3 is 0.549 bits per heavy atom. The van der Waals surface area contributed by atoms with Crippen molar-refractivity contribution in [3.05, 3.63) is 441 Å². The molecule has 4 aliphatic rings. The molecule has 0 fully saturated rings. The zero-order chi connectivity index (χ0) is 67.8. The Hall–Kier alpha value is -13.0. The maximum absolute atomic E-state index is 10.9. The van der Waals surface area contributed by atoms with Crippen LogP contribution < -0.4 is 0 Å². The van der Waals surface area contributed by atoms with Crippen LogP contribution in [0.1, 0.15) is 89.0 Å². The summed E-state index contributed by atoms with van der Waals surface area (Å²) in [4.78, 5) is 0. The molecule has 0 heterocycles. The highest BCUT2D eigenvalue weighted by molar-refractivity contribution is 5.99. The number of phenols is 4. The van der Waals surface area contributed by atoms with Gasteiger partial charge in [0.15, 0.2) is 0 Å². The van der Waals surface area contributed by atoms with Crippen molar-refractivity contribution in [1.29, 1.82) is 0 Å². The van der Waals surface area contributed by atoms with E-state index in [1.54, 1.807) is 24.3 Å². The fourth-order valence-electron chi connectivity index (χ4n) is 19.5. The van der Waals surface area contributed by atoms with Crippen molar-refractivity contribution in [2.45, 2.75) is 21.7 Å². The fourth-order valence-corrected chi connectivity index (χ4v) is 19.5. The third-order valence-electron chi connectivity index (χ3n) is 23.6. The van der Waals surface area contributed by atoms with Crippen LogP contribution in [0.15, 0.2) is 352 Å². The zero-order valence-corrected chi connectivity index (χ0v) is 55.3. The molecule has 0 amide bonds. The number of hydrogen-bond acceptors (Lipinski definition) is 4. The molecule has 102 heavy (non-hydrogen) atoms. The van der Waals surface area contributed by atoms with Crippen molar-refractivity contribution in [1.82, 2.24) is 0 Å². The summed E-state index contributed by atoms with van der Waals surface area (Å²) >= 11 is 0. The van der Waals surface area contributed by atoms with Crippen LogP contribution in [0, 0.1) is 0 Å². The molecule has 2 unspecified atom stereocenters. The number of fused-ring (bicyclic) bond motifs is 16. The lowest BCUT2D eigenvalue weighted by Crippen LogP contribution is -2.31. The quantitative estimate of drug-likeness (QED) is 0.122. The van der Waals surface area contributed by atoms with Crippen LogP contribution in [0.4, 0.5) is 0 Å². The second-order valence-corrected chi connectivity index (χ2v) is 28.4. The van der Waals surface area contributed by atoms with Gasteiger partial charge in [-0.2, -0.15) is 0 Å². The van der Waals surface area contributed by atoms with Gasteiger partial charge in [-0.05, 0) is 262 Å². The van der Waals surface area contributed by atoms with E-state index in [1.165, 1.54) is 66.8 Å². The summed E-state index contributed by atoms with van der Waals surface area (Å²) in [5, 5.41) is 51.3. The van der Waals surface area contributed by atoms with Gasteiger partial charge in [0.25, 0.3) is 0 Å². The first kappa shape index (κ1) is 58.0. The van der Waals surface area contributed by atoms with E-state index in [9.17, 15) is 20.4 Å². The molecule has 4 N–H and O–H groups in total. The average Bonchev–Trinajstić information content (AvgIpc) is 1.52. The summed E-state index contributed by atoms with van der Waals surface area (Å²) in [6.07, 6.45) is 0. The van der Waals surface area contributed by atoms with Gasteiger partial charge in [-0.3, -0.25) is 0 Å². The monoisotopic (exact) mass is 1300 g/mol. The topological polar surface area (TPSA) is 80.9 Å². The second-order valence-electron chi connectivity index (χ2n) is 28.4. The zero-order valence-electron chi connectivity index (χ0n) is 55.3. The SMILES string of the molecule is Oc1ccc2cc(C3(c4ccc(C5(c6ccc7cc(O)ccc7c6)c6ccccc6-c6cc7c(cc65)-c5ccccc5C7(c5ccc(C6(c7ccc8cc(O)ccc8c7)c7ccccc7-c7ccccc76)cc5)c5ccc6cc(O)ccc6c5)cc4)c4ccccc4-c4ccccc43)ccc2c1. The summed E-state index contributed by atoms with van der Waals surface area (Å²) < 4.78 is 0. The summed E-state index contributed by atoms with van der Waals surface area (Å²) in [5.74, 6) is 0.935. The molecule has 4 nitrogen and oxygen atoms in total. The van der Waals surface area contributed by atoms with Crippen LogP contribution in [0.25, 0.3) is 87.6 Å². The van der Waals surface area contributed by atoms with Gasteiger partial charge in [-0.25, -0.2) is 0 Å². The minimum Gasteiger partial charge on any atom is -0.508 e. The highest BCUT2D eigenvalue weighted by atomic mass is 16.3. The second kappa shape index (κ2) is 21.3. The van der Waals surface area contributed by atoms with Crippen LogP contribution in [0.5, 0.6) is 23.0 Å². The lowest BCUT2D eigenvalue weighted by Gasteiger charge is -2.37. The largest absolute Gasteiger partial charge is 0.508 e. The number of rotatable bonds is 8. The van der Waals surface area contributed by atoms with Gasteiger partial charge in [-0.1, -0.05) is 267 Å². The summed E-state index contributed by atoms with van der Waals surface area (Å²) in [7, 11) is 0. The van der Waals surface area contributed by atoms with E-state index < -0.39 is 21.7 Å². The third kappa shape index (κ3) is 7.70. The molecule has 0 radical (unpaired) electrons. The van der Waals surface area contributed by atoms with Gasteiger partial charge in [0.1, 0.15) is 23.0 Å². The number of hydrogen-bond donors (Lipinski definition) is 4. The van der Waals surface area contributed by atoms with Crippen molar-refractivity contribution >= 4 is 43.1 Å². The molecule has 0 saturated carbocycles. The number of benzene rings is 17. The fraction of sp³-hybridized carbons (Fsp3) is 0.0408. The summed E-state index contributed by atoms with van der Waals surface area (Å²) in [6, 6.07) is 128. The molecular weight excluding hydrogens is 1240 g/mol. The molecule has 0 aromatic heterocycles. The molecular formula is C98H62O4. The molecule has 0 spiro atoms. The molecule has 0 saturated heterocycles. The summed E-state index contributed by atoms with van der Waals surface area (Å²) in [6.45, 7) is 0. The molecule has 0 bridgehead atoms. The van der Waals surface area contributed by atoms with Gasteiger partial charge >= 0.3 is 0 Å². The average molecular weight is 1300 g/mol. The molecule has 478 valence electrons. The molecule has 0 aliphatic heterocycles. The molecule has 4 heteroatoms. The van der Waals surface area contributed by atoms with E-state index in [4.69, 9.17) is 0 Å². The van der Waals surface area contributed by atoms with Gasteiger partial charge in [0.05, 0.1) is 21.7 Å². The normalized spacial score (nSPS) is 16.6. The van der Waals surface area contributed by atoms with Crippen LogP contribution in [-0.4, -0.2) is 20.4 Å². The maximum Gasteiger partial charge on any atom is 0.116 e. The molecule has 17 aromatic carbocycles. The molecule has 2 atom stereocenters. The van der Waals surface area contributed by atoms with Crippen molar-refractivity contribution in [2.75, 3.05) is 0 Å². The minimum atomic E-state index is -0.868. The van der Waals surface area contributed by atoms with Crippen molar-refractivity contribution in [2.24, 2.45) is 0 Å². The van der Waals surface area contributed by atoms with Crippen LogP contribution in [-0.2, 0) is 21.7 Å². The van der Waals surface area contributed by atoms with Gasteiger partial charge in [-0.15, -0.1) is 0 Å².